The Morgan fingerprint density at radius 3 is 2.79 bits per heavy atom. The summed E-state index contributed by atoms with van der Waals surface area (Å²) in [5, 5.41) is 3.45. The fourth-order valence-corrected chi connectivity index (χ4v) is 2.94. The number of nitrogens with zero attached hydrogens (tertiary/aromatic N) is 2. The van der Waals surface area contributed by atoms with Gasteiger partial charge in [-0.3, -0.25) is 9.79 Å². The van der Waals surface area contributed by atoms with Crippen molar-refractivity contribution in [2.75, 3.05) is 33.3 Å². The molecule has 0 spiro atoms. The van der Waals surface area contributed by atoms with E-state index >= 15 is 0 Å². The first-order valence-corrected chi connectivity index (χ1v) is 8.54. The van der Waals surface area contributed by atoms with E-state index in [0.29, 0.717) is 5.75 Å². The van der Waals surface area contributed by atoms with Crippen molar-refractivity contribution < 1.29 is 9.53 Å². The molecule has 0 saturated carbocycles. The van der Waals surface area contributed by atoms with E-state index < -0.39 is 5.91 Å². The van der Waals surface area contributed by atoms with E-state index in [0.717, 1.165) is 37.9 Å². The van der Waals surface area contributed by atoms with Crippen molar-refractivity contribution in [2.24, 2.45) is 16.6 Å². The summed E-state index contributed by atoms with van der Waals surface area (Å²) >= 11 is 0. The second-order valence-corrected chi connectivity index (χ2v) is 6.32. The van der Waals surface area contributed by atoms with E-state index in [1.807, 2.05) is 31.3 Å². The molecule has 0 aliphatic carbocycles. The molecule has 2 rings (SSSR count). The van der Waals surface area contributed by atoms with Gasteiger partial charge in [-0.25, -0.2) is 0 Å². The van der Waals surface area contributed by atoms with Gasteiger partial charge in [0.15, 0.2) is 12.6 Å². The van der Waals surface area contributed by atoms with Crippen LogP contribution in [0.2, 0.25) is 0 Å². The zero-order valence-corrected chi connectivity index (χ0v) is 14.6. The van der Waals surface area contributed by atoms with E-state index in [2.05, 4.69) is 22.1 Å². The standard InChI is InChI=1S/C18H28N4O2/c1-14-4-3-11-22(12-14)18(20-2)21-10-9-15-5-7-16(8-6-15)24-13-17(19)23/h5-8,14H,3-4,9-13H2,1-2H3,(H2,19,23)(H,20,21). The topological polar surface area (TPSA) is 80.0 Å². The van der Waals surface area contributed by atoms with Crippen molar-refractivity contribution in [1.82, 2.24) is 10.2 Å². The molecule has 6 heteroatoms. The lowest BCUT2D eigenvalue weighted by Gasteiger charge is -2.33. The SMILES string of the molecule is CN=C(NCCc1ccc(OCC(N)=O)cc1)N1CCCC(C)C1. The number of likely N-dealkylation sites (tertiary alicyclic amines) is 1. The van der Waals surface area contributed by atoms with Crippen LogP contribution in [0.5, 0.6) is 5.75 Å². The summed E-state index contributed by atoms with van der Waals surface area (Å²) in [4.78, 5) is 17.4. The summed E-state index contributed by atoms with van der Waals surface area (Å²) in [6.07, 6.45) is 3.44. The molecule has 1 saturated heterocycles. The molecule has 6 nitrogen and oxygen atoms in total. The third kappa shape index (κ3) is 5.76. The average Bonchev–Trinajstić information content (AvgIpc) is 2.58. The number of carbonyl (C=O) groups excluding carboxylic acids is 1. The van der Waals surface area contributed by atoms with Crippen molar-refractivity contribution in [1.29, 1.82) is 0 Å². The largest absolute Gasteiger partial charge is 0.484 e. The van der Waals surface area contributed by atoms with Crippen LogP contribution in [0.4, 0.5) is 0 Å². The first-order chi connectivity index (χ1) is 11.6. The Balaban J connectivity index is 1.77. The number of hydrogen-bond donors (Lipinski definition) is 2. The van der Waals surface area contributed by atoms with Crippen molar-refractivity contribution >= 4 is 11.9 Å². The lowest BCUT2D eigenvalue weighted by molar-refractivity contribution is -0.119. The smallest absolute Gasteiger partial charge is 0.255 e. The summed E-state index contributed by atoms with van der Waals surface area (Å²) in [5.41, 5.74) is 6.27. The van der Waals surface area contributed by atoms with Gasteiger partial charge < -0.3 is 20.7 Å². The molecule has 1 aromatic carbocycles. The Bertz CT molecular complexity index is 557. The first-order valence-electron chi connectivity index (χ1n) is 8.54. The van der Waals surface area contributed by atoms with Crippen LogP contribution in [0.3, 0.4) is 0 Å². The highest BCUT2D eigenvalue weighted by Gasteiger charge is 2.18. The molecule has 3 N–H and O–H groups in total. The minimum absolute atomic E-state index is 0.0918. The quantitative estimate of drug-likeness (QED) is 0.609. The minimum atomic E-state index is -0.471. The van der Waals surface area contributed by atoms with Gasteiger partial charge in [0, 0.05) is 26.7 Å². The van der Waals surface area contributed by atoms with Crippen molar-refractivity contribution in [2.45, 2.75) is 26.2 Å². The molecule has 1 atom stereocenters. The molecule has 0 bridgehead atoms. The number of primary amides is 1. The predicted octanol–water partition coefficient (Wildman–Crippen LogP) is 1.40. The highest BCUT2D eigenvalue weighted by Crippen LogP contribution is 2.15. The number of rotatable bonds is 6. The molecular formula is C18H28N4O2. The lowest BCUT2D eigenvalue weighted by atomic mass is 10.0. The van der Waals surface area contributed by atoms with Gasteiger partial charge in [-0.15, -0.1) is 0 Å². The van der Waals surface area contributed by atoms with Gasteiger partial charge in [-0.1, -0.05) is 19.1 Å². The van der Waals surface area contributed by atoms with Gasteiger partial charge in [0.05, 0.1) is 0 Å². The molecule has 0 aromatic heterocycles. The van der Waals surface area contributed by atoms with Crippen LogP contribution in [0.15, 0.2) is 29.3 Å². The third-order valence-electron chi connectivity index (χ3n) is 4.17. The molecule has 1 aromatic rings. The number of piperidine rings is 1. The zero-order chi connectivity index (χ0) is 17.4. The lowest BCUT2D eigenvalue weighted by Crippen LogP contribution is -2.46. The van der Waals surface area contributed by atoms with Crippen LogP contribution >= 0.6 is 0 Å². The molecule has 0 radical (unpaired) electrons. The van der Waals surface area contributed by atoms with Crippen LogP contribution in [0.1, 0.15) is 25.3 Å². The minimum Gasteiger partial charge on any atom is -0.484 e. The highest BCUT2D eigenvalue weighted by molar-refractivity contribution is 5.80. The monoisotopic (exact) mass is 332 g/mol. The number of benzene rings is 1. The maximum absolute atomic E-state index is 10.7. The van der Waals surface area contributed by atoms with Gasteiger partial charge in [0.1, 0.15) is 5.75 Å². The van der Waals surface area contributed by atoms with Crippen molar-refractivity contribution in [3.63, 3.8) is 0 Å². The molecule has 132 valence electrons. The van der Waals surface area contributed by atoms with E-state index in [-0.39, 0.29) is 6.61 Å². The third-order valence-corrected chi connectivity index (χ3v) is 4.17. The van der Waals surface area contributed by atoms with E-state index in [1.54, 1.807) is 0 Å². The van der Waals surface area contributed by atoms with E-state index in [9.17, 15) is 4.79 Å². The second kappa shape index (κ2) is 9.15. The number of carbonyl (C=O) groups is 1. The Morgan fingerprint density at radius 1 is 1.42 bits per heavy atom. The van der Waals surface area contributed by atoms with Crippen LogP contribution in [0, 0.1) is 5.92 Å². The number of guanidine groups is 1. The van der Waals surface area contributed by atoms with Crippen LogP contribution in [-0.2, 0) is 11.2 Å². The summed E-state index contributed by atoms with van der Waals surface area (Å²) in [6, 6.07) is 7.73. The first kappa shape index (κ1) is 18.1. The fourth-order valence-electron chi connectivity index (χ4n) is 2.94. The van der Waals surface area contributed by atoms with Gasteiger partial charge in [-0.2, -0.15) is 0 Å². The number of nitrogens with two attached hydrogens (primary N) is 1. The summed E-state index contributed by atoms with van der Waals surface area (Å²) < 4.78 is 5.26. The van der Waals surface area contributed by atoms with Crippen molar-refractivity contribution in [3.05, 3.63) is 29.8 Å². The average molecular weight is 332 g/mol. The van der Waals surface area contributed by atoms with Crippen LogP contribution < -0.4 is 15.8 Å². The summed E-state index contributed by atoms with van der Waals surface area (Å²) in [5.74, 6) is 1.90. The Kier molecular flexibility index (Phi) is 6.90. The fraction of sp³-hybridized carbons (Fsp3) is 0.556. The normalized spacial score (nSPS) is 18.3. The number of nitrogens with one attached hydrogen (secondary N) is 1. The molecule has 1 fully saturated rings. The second-order valence-electron chi connectivity index (χ2n) is 6.32. The van der Waals surface area contributed by atoms with Crippen LogP contribution in [-0.4, -0.2) is 50.1 Å². The van der Waals surface area contributed by atoms with Gasteiger partial charge in [0.25, 0.3) is 5.91 Å². The Hall–Kier alpha value is -2.24. The predicted molar refractivity (Wildman–Crippen MR) is 96.2 cm³/mol. The Labute approximate surface area is 144 Å². The molecule has 1 unspecified atom stereocenters. The molecule has 1 aliphatic rings. The highest BCUT2D eigenvalue weighted by atomic mass is 16.5. The number of amides is 1. The molecule has 1 aliphatic heterocycles. The number of ether oxygens (including phenoxy) is 1. The summed E-state index contributed by atoms with van der Waals surface area (Å²) in [7, 11) is 1.84. The van der Waals surface area contributed by atoms with Crippen molar-refractivity contribution in [3.8, 4) is 5.75 Å². The number of hydrogen-bond acceptors (Lipinski definition) is 3. The molecule has 1 heterocycles. The maximum Gasteiger partial charge on any atom is 0.255 e. The molecular weight excluding hydrogens is 304 g/mol. The molecule has 1 amide bonds. The van der Waals surface area contributed by atoms with Crippen LogP contribution in [0.25, 0.3) is 0 Å². The maximum atomic E-state index is 10.7. The van der Waals surface area contributed by atoms with Gasteiger partial charge >= 0.3 is 0 Å². The Morgan fingerprint density at radius 2 is 2.17 bits per heavy atom. The van der Waals surface area contributed by atoms with Gasteiger partial charge in [0.2, 0.25) is 0 Å². The van der Waals surface area contributed by atoms with E-state index in [1.165, 1.54) is 18.4 Å². The summed E-state index contributed by atoms with van der Waals surface area (Å²) in [6.45, 7) is 5.19. The van der Waals surface area contributed by atoms with E-state index in [4.69, 9.17) is 10.5 Å². The van der Waals surface area contributed by atoms with Gasteiger partial charge in [-0.05, 0) is 42.9 Å². The zero-order valence-electron chi connectivity index (χ0n) is 14.6. The number of aliphatic imine (C=N–C) groups is 1. The molecule has 24 heavy (non-hydrogen) atoms.